The van der Waals surface area contributed by atoms with Crippen molar-refractivity contribution >= 4 is 27.8 Å². The molecule has 1 atom stereocenters. The minimum absolute atomic E-state index is 0.0239. The Balaban J connectivity index is 2.52. The van der Waals surface area contributed by atoms with Crippen molar-refractivity contribution in [3.8, 4) is 0 Å². The topological polar surface area (TPSA) is 46.6 Å². The third kappa shape index (κ3) is 2.97. The van der Waals surface area contributed by atoms with Crippen LogP contribution in [0.5, 0.6) is 0 Å². The Kier molecular flexibility index (Phi) is 3.19. The Bertz CT molecular complexity index is 259. The number of rotatable bonds is 0. The predicted molar refractivity (Wildman–Crippen MR) is 55.5 cm³/mol. The van der Waals surface area contributed by atoms with Gasteiger partial charge < -0.3 is 4.74 Å². The summed E-state index contributed by atoms with van der Waals surface area (Å²) in [6, 6.07) is 0. The van der Waals surface area contributed by atoms with Gasteiger partial charge in [-0.05, 0) is 20.8 Å². The normalized spacial score (nSPS) is 22.7. The van der Waals surface area contributed by atoms with Crippen LogP contribution in [0.25, 0.3) is 0 Å². The first kappa shape index (κ1) is 11.5. The van der Waals surface area contributed by atoms with Crippen LogP contribution in [0.2, 0.25) is 0 Å². The molecule has 0 spiro atoms. The number of hydrogen-bond acceptors (Lipinski definition) is 3. The van der Waals surface area contributed by atoms with E-state index in [-0.39, 0.29) is 17.2 Å². The van der Waals surface area contributed by atoms with Crippen molar-refractivity contribution < 1.29 is 14.3 Å². The molecule has 14 heavy (non-hydrogen) atoms. The van der Waals surface area contributed by atoms with Crippen LogP contribution in [0.4, 0.5) is 4.79 Å². The van der Waals surface area contributed by atoms with Gasteiger partial charge >= 0.3 is 6.09 Å². The predicted octanol–water partition coefficient (Wildman–Crippen LogP) is 1.57. The highest BCUT2D eigenvalue weighted by atomic mass is 79.9. The third-order valence-electron chi connectivity index (χ3n) is 1.73. The second-order valence-corrected chi connectivity index (χ2v) is 5.40. The number of nitrogens with zero attached hydrogens (tertiary/aromatic N) is 1. The summed E-state index contributed by atoms with van der Waals surface area (Å²) in [5.74, 6) is 0.0239. The Hall–Kier alpha value is -0.580. The molecule has 1 saturated heterocycles. The van der Waals surface area contributed by atoms with Crippen LogP contribution in [0.3, 0.4) is 0 Å². The van der Waals surface area contributed by atoms with Crippen molar-refractivity contribution in [2.75, 3.05) is 13.1 Å². The van der Waals surface area contributed by atoms with E-state index in [0.717, 1.165) is 0 Å². The SMILES string of the molecule is CC(C)(C)OC(=O)N1CC(=O)[C@H](Br)C1. The second-order valence-electron chi connectivity index (χ2n) is 4.29. The van der Waals surface area contributed by atoms with E-state index < -0.39 is 11.7 Å². The van der Waals surface area contributed by atoms with Crippen molar-refractivity contribution in [3.05, 3.63) is 0 Å². The number of alkyl halides is 1. The molecule has 1 rings (SSSR count). The van der Waals surface area contributed by atoms with Gasteiger partial charge in [0, 0.05) is 6.54 Å². The fourth-order valence-electron chi connectivity index (χ4n) is 1.11. The monoisotopic (exact) mass is 263 g/mol. The van der Waals surface area contributed by atoms with Gasteiger partial charge in [0.05, 0.1) is 11.4 Å². The summed E-state index contributed by atoms with van der Waals surface area (Å²) in [4.78, 5) is 23.8. The molecule has 4 nitrogen and oxygen atoms in total. The summed E-state index contributed by atoms with van der Waals surface area (Å²) in [5, 5.41) is 0. The van der Waals surface area contributed by atoms with Crippen LogP contribution in [0, 0.1) is 0 Å². The number of ether oxygens (including phenoxy) is 1. The zero-order chi connectivity index (χ0) is 10.9. The highest BCUT2D eigenvalue weighted by Gasteiger charge is 2.34. The summed E-state index contributed by atoms with van der Waals surface area (Å²) >= 11 is 3.19. The molecule has 0 unspecified atom stereocenters. The Morgan fingerprint density at radius 3 is 2.50 bits per heavy atom. The Morgan fingerprint density at radius 2 is 2.14 bits per heavy atom. The average molecular weight is 264 g/mol. The number of halogens is 1. The molecule has 1 heterocycles. The number of amides is 1. The molecule has 80 valence electrons. The Labute approximate surface area is 91.7 Å². The number of Topliss-reactive ketones (excluding diaryl/α,β-unsaturated/α-hetero) is 1. The number of hydrogen-bond donors (Lipinski definition) is 0. The number of ketones is 1. The van der Waals surface area contributed by atoms with E-state index in [2.05, 4.69) is 15.9 Å². The van der Waals surface area contributed by atoms with Gasteiger partial charge in [-0.3, -0.25) is 9.69 Å². The van der Waals surface area contributed by atoms with Gasteiger partial charge in [0.15, 0.2) is 5.78 Å². The first-order valence-corrected chi connectivity index (χ1v) is 5.36. The molecule has 0 aromatic heterocycles. The van der Waals surface area contributed by atoms with Gasteiger partial charge in [0.25, 0.3) is 0 Å². The van der Waals surface area contributed by atoms with E-state index in [9.17, 15) is 9.59 Å². The number of carbonyl (C=O) groups excluding carboxylic acids is 2. The summed E-state index contributed by atoms with van der Waals surface area (Å²) in [6.07, 6.45) is -0.423. The van der Waals surface area contributed by atoms with E-state index in [4.69, 9.17) is 4.74 Å². The minimum atomic E-state index is -0.509. The zero-order valence-corrected chi connectivity index (χ0v) is 10.1. The van der Waals surface area contributed by atoms with E-state index in [1.807, 2.05) is 0 Å². The number of carbonyl (C=O) groups is 2. The molecule has 1 fully saturated rings. The smallest absolute Gasteiger partial charge is 0.410 e. The summed E-state index contributed by atoms with van der Waals surface area (Å²) in [6.45, 7) is 5.94. The van der Waals surface area contributed by atoms with Crippen LogP contribution in [-0.2, 0) is 9.53 Å². The van der Waals surface area contributed by atoms with Crippen molar-refractivity contribution in [2.45, 2.75) is 31.2 Å². The molecule has 1 amide bonds. The van der Waals surface area contributed by atoms with Crippen molar-refractivity contribution in [1.82, 2.24) is 4.90 Å². The first-order valence-electron chi connectivity index (χ1n) is 4.44. The fraction of sp³-hybridized carbons (Fsp3) is 0.778. The molecular weight excluding hydrogens is 250 g/mol. The second kappa shape index (κ2) is 3.88. The van der Waals surface area contributed by atoms with Crippen molar-refractivity contribution in [1.29, 1.82) is 0 Å². The van der Waals surface area contributed by atoms with Crippen LogP contribution >= 0.6 is 15.9 Å². The molecule has 0 radical (unpaired) electrons. The van der Waals surface area contributed by atoms with Gasteiger partial charge in [0.2, 0.25) is 0 Å². The lowest BCUT2D eigenvalue weighted by Crippen LogP contribution is -2.35. The quantitative estimate of drug-likeness (QED) is 0.624. The lowest BCUT2D eigenvalue weighted by atomic mass is 10.2. The van der Waals surface area contributed by atoms with Crippen LogP contribution in [0.1, 0.15) is 20.8 Å². The van der Waals surface area contributed by atoms with Crippen LogP contribution < -0.4 is 0 Å². The maximum absolute atomic E-state index is 11.5. The molecule has 0 saturated carbocycles. The summed E-state index contributed by atoms with van der Waals surface area (Å²) in [5.41, 5.74) is -0.509. The van der Waals surface area contributed by atoms with Crippen molar-refractivity contribution in [3.63, 3.8) is 0 Å². The highest BCUT2D eigenvalue weighted by molar-refractivity contribution is 9.10. The molecule has 5 heteroatoms. The van der Waals surface area contributed by atoms with E-state index in [1.54, 1.807) is 20.8 Å². The minimum Gasteiger partial charge on any atom is -0.444 e. The molecule has 0 aliphatic carbocycles. The standard InChI is InChI=1S/C9H14BrNO3/c1-9(2,3)14-8(13)11-4-6(10)7(12)5-11/h6H,4-5H2,1-3H3/t6-/m1/s1. The molecule has 1 aliphatic rings. The van der Waals surface area contributed by atoms with Crippen molar-refractivity contribution in [2.24, 2.45) is 0 Å². The van der Waals surface area contributed by atoms with E-state index in [1.165, 1.54) is 4.90 Å². The molecule has 0 N–H and O–H groups in total. The van der Waals surface area contributed by atoms with Gasteiger partial charge in [-0.15, -0.1) is 0 Å². The lowest BCUT2D eigenvalue weighted by Gasteiger charge is -2.23. The molecule has 0 bridgehead atoms. The van der Waals surface area contributed by atoms with E-state index in [0.29, 0.717) is 6.54 Å². The highest BCUT2D eigenvalue weighted by Crippen LogP contribution is 2.17. The van der Waals surface area contributed by atoms with Gasteiger partial charge in [0.1, 0.15) is 5.60 Å². The zero-order valence-electron chi connectivity index (χ0n) is 8.54. The third-order valence-corrected chi connectivity index (χ3v) is 2.53. The largest absolute Gasteiger partial charge is 0.444 e. The fourth-order valence-corrected chi connectivity index (χ4v) is 1.61. The van der Waals surface area contributed by atoms with Gasteiger partial charge in [-0.2, -0.15) is 0 Å². The molecular formula is C9H14BrNO3. The van der Waals surface area contributed by atoms with Crippen LogP contribution in [0.15, 0.2) is 0 Å². The van der Waals surface area contributed by atoms with Gasteiger partial charge in [-0.1, -0.05) is 15.9 Å². The van der Waals surface area contributed by atoms with Gasteiger partial charge in [-0.25, -0.2) is 4.79 Å². The summed E-state index contributed by atoms with van der Waals surface area (Å²) < 4.78 is 5.13. The Morgan fingerprint density at radius 1 is 1.57 bits per heavy atom. The first-order chi connectivity index (χ1) is 6.29. The maximum Gasteiger partial charge on any atom is 0.410 e. The lowest BCUT2D eigenvalue weighted by molar-refractivity contribution is -0.116. The summed E-state index contributed by atoms with van der Waals surface area (Å²) in [7, 11) is 0. The maximum atomic E-state index is 11.5. The molecule has 0 aromatic rings. The molecule has 1 aliphatic heterocycles. The average Bonchev–Trinajstić information content (AvgIpc) is 2.28. The number of likely N-dealkylation sites (tertiary alicyclic amines) is 1. The van der Waals surface area contributed by atoms with E-state index >= 15 is 0 Å². The molecule has 0 aromatic carbocycles. The van der Waals surface area contributed by atoms with Crippen LogP contribution in [-0.4, -0.2) is 40.3 Å².